The molecule has 2 rings (SSSR count). The van der Waals surface area contributed by atoms with Crippen molar-refractivity contribution in [2.24, 2.45) is 11.7 Å². The third kappa shape index (κ3) is 4.54. The summed E-state index contributed by atoms with van der Waals surface area (Å²) in [5.41, 5.74) is 7.82. The van der Waals surface area contributed by atoms with Gasteiger partial charge >= 0.3 is 0 Å². The Hall–Kier alpha value is -0.470. The molecule has 0 amide bonds. The summed E-state index contributed by atoms with van der Waals surface area (Å²) >= 11 is 2.11. The highest BCUT2D eigenvalue weighted by Crippen LogP contribution is 2.37. The van der Waals surface area contributed by atoms with E-state index in [-0.39, 0.29) is 0 Å². The highest BCUT2D eigenvalue weighted by Gasteiger charge is 2.29. The second kappa shape index (κ2) is 7.35. The summed E-state index contributed by atoms with van der Waals surface area (Å²) in [4.78, 5) is 0. The van der Waals surface area contributed by atoms with Gasteiger partial charge in [0.2, 0.25) is 0 Å². The summed E-state index contributed by atoms with van der Waals surface area (Å²) in [6.07, 6.45) is 5.00. The molecule has 1 aromatic rings. The van der Waals surface area contributed by atoms with Crippen molar-refractivity contribution in [3.63, 3.8) is 0 Å². The standard InChI is InChI=1S/C17H27NS/c1-13(2)10-11-19-17-12-15(8-9-16(17)18)14-6-4-3-5-7-14/h3-7,13,15-17H,8-12,18H2,1-2H3. The van der Waals surface area contributed by atoms with E-state index in [2.05, 4.69) is 55.9 Å². The largest absolute Gasteiger partial charge is 0.327 e. The molecule has 1 fully saturated rings. The average molecular weight is 277 g/mol. The van der Waals surface area contributed by atoms with Crippen molar-refractivity contribution in [2.45, 2.75) is 56.7 Å². The van der Waals surface area contributed by atoms with Gasteiger partial charge in [-0.15, -0.1) is 0 Å². The van der Waals surface area contributed by atoms with E-state index in [1.54, 1.807) is 0 Å². The van der Waals surface area contributed by atoms with Gasteiger partial charge in [-0.2, -0.15) is 11.8 Å². The summed E-state index contributed by atoms with van der Waals surface area (Å²) in [5.74, 6) is 2.78. The first-order valence-electron chi connectivity index (χ1n) is 7.59. The molecule has 0 heterocycles. The monoisotopic (exact) mass is 277 g/mol. The van der Waals surface area contributed by atoms with Crippen LogP contribution >= 0.6 is 11.8 Å². The van der Waals surface area contributed by atoms with Crippen LogP contribution in [0.4, 0.5) is 0 Å². The van der Waals surface area contributed by atoms with E-state index in [1.807, 2.05) is 0 Å². The van der Waals surface area contributed by atoms with E-state index in [0.717, 1.165) is 11.8 Å². The Balaban J connectivity index is 1.89. The van der Waals surface area contributed by atoms with Crippen molar-refractivity contribution >= 4 is 11.8 Å². The SMILES string of the molecule is CC(C)CCSC1CC(c2ccccc2)CCC1N. The maximum absolute atomic E-state index is 6.32. The maximum Gasteiger partial charge on any atom is 0.0204 e. The Labute approximate surface area is 122 Å². The van der Waals surface area contributed by atoms with E-state index in [1.165, 1.54) is 37.0 Å². The molecule has 0 aliphatic heterocycles. The minimum atomic E-state index is 0.400. The van der Waals surface area contributed by atoms with Crippen LogP contribution < -0.4 is 5.73 Å². The van der Waals surface area contributed by atoms with Crippen LogP contribution in [0.15, 0.2) is 30.3 Å². The molecule has 0 bridgehead atoms. The lowest BCUT2D eigenvalue weighted by atomic mass is 9.82. The molecular weight excluding hydrogens is 250 g/mol. The Kier molecular flexibility index (Phi) is 5.77. The van der Waals surface area contributed by atoms with Crippen molar-refractivity contribution in [3.8, 4) is 0 Å². The number of thioether (sulfide) groups is 1. The molecule has 2 heteroatoms. The van der Waals surface area contributed by atoms with Crippen LogP contribution in [-0.4, -0.2) is 17.0 Å². The first-order chi connectivity index (χ1) is 9.16. The molecule has 3 unspecified atom stereocenters. The number of benzene rings is 1. The van der Waals surface area contributed by atoms with Crippen LogP contribution in [0.5, 0.6) is 0 Å². The van der Waals surface area contributed by atoms with Crippen molar-refractivity contribution in [2.75, 3.05) is 5.75 Å². The molecule has 19 heavy (non-hydrogen) atoms. The molecule has 0 radical (unpaired) electrons. The normalized spacial score (nSPS) is 27.7. The van der Waals surface area contributed by atoms with Crippen molar-refractivity contribution in [3.05, 3.63) is 35.9 Å². The van der Waals surface area contributed by atoms with E-state index in [9.17, 15) is 0 Å². The predicted molar refractivity (Wildman–Crippen MR) is 86.7 cm³/mol. The Morgan fingerprint density at radius 3 is 2.63 bits per heavy atom. The fraction of sp³-hybridized carbons (Fsp3) is 0.647. The second-order valence-electron chi connectivity index (χ2n) is 6.18. The Morgan fingerprint density at radius 2 is 1.95 bits per heavy atom. The molecule has 1 aliphatic carbocycles. The zero-order valence-electron chi connectivity index (χ0n) is 12.2. The van der Waals surface area contributed by atoms with Crippen LogP contribution in [0.25, 0.3) is 0 Å². The molecule has 1 aromatic carbocycles. The second-order valence-corrected chi connectivity index (χ2v) is 7.52. The van der Waals surface area contributed by atoms with Crippen LogP contribution in [0.1, 0.15) is 51.0 Å². The molecule has 1 saturated carbocycles. The van der Waals surface area contributed by atoms with E-state index < -0.39 is 0 Å². The summed E-state index contributed by atoms with van der Waals surface area (Å²) in [6, 6.07) is 11.4. The van der Waals surface area contributed by atoms with Crippen LogP contribution in [0.2, 0.25) is 0 Å². The number of nitrogens with two attached hydrogens (primary N) is 1. The molecule has 0 spiro atoms. The van der Waals surface area contributed by atoms with Gasteiger partial charge in [-0.3, -0.25) is 0 Å². The van der Waals surface area contributed by atoms with Crippen LogP contribution in [0.3, 0.4) is 0 Å². The lowest BCUT2D eigenvalue weighted by Crippen LogP contribution is -2.38. The van der Waals surface area contributed by atoms with Gasteiger partial charge in [0.25, 0.3) is 0 Å². The topological polar surface area (TPSA) is 26.0 Å². The zero-order chi connectivity index (χ0) is 13.7. The van der Waals surface area contributed by atoms with Crippen LogP contribution in [0, 0.1) is 5.92 Å². The molecule has 2 N–H and O–H groups in total. The first kappa shape index (κ1) is 14.9. The number of rotatable bonds is 5. The highest BCUT2D eigenvalue weighted by atomic mass is 32.2. The Morgan fingerprint density at radius 1 is 1.21 bits per heavy atom. The van der Waals surface area contributed by atoms with Crippen molar-refractivity contribution < 1.29 is 0 Å². The predicted octanol–water partition coefficient (Wildman–Crippen LogP) is 4.43. The summed E-state index contributed by atoms with van der Waals surface area (Å²) in [5, 5.41) is 0.651. The minimum absolute atomic E-state index is 0.400. The van der Waals surface area contributed by atoms with Gasteiger partial charge in [-0.1, -0.05) is 44.2 Å². The zero-order valence-corrected chi connectivity index (χ0v) is 13.0. The van der Waals surface area contributed by atoms with Gasteiger partial charge in [0.15, 0.2) is 0 Å². The van der Waals surface area contributed by atoms with E-state index in [4.69, 9.17) is 5.73 Å². The molecule has 3 atom stereocenters. The summed E-state index contributed by atoms with van der Waals surface area (Å²) < 4.78 is 0. The van der Waals surface area contributed by atoms with Crippen molar-refractivity contribution in [1.29, 1.82) is 0 Å². The Bertz CT molecular complexity index is 363. The highest BCUT2D eigenvalue weighted by molar-refractivity contribution is 7.99. The minimum Gasteiger partial charge on any atom is -0.327 e. The maximum atomic E-state index is 6.32. The quantitative estimate of drug-likeness (QED) is 0.861. The van der Waals surface area contributed by atoms with Gasteiger partial charge in [0, 0.05) is 11.3 Å². The van der Waals surface area contributed by atoms with E-state index >= 15 is 0 Å². The first-order valence-corrected chi connectivity index (χ1v) is 8.64. The molecule has 1 aliphatic rings. The molecule has 0 aromatic heterocycles. The molecular formula is C17H27NS. The van der Waals surface area contributed by atoms with Gasteiger partial charge in [0.05, 0.1) is 0 Å². The van der Waals surface area contributed by atoms with Gasteiger partial charge < -0.3 is 5.73 Å². The van der Waals surface area contributed by atoms with Gasteiger partial charge in [0.1, 0.15) is 0 Å². The molecule has 0 saturated heterocycles. The fourth-order valence-corrected chi connectivity index (χ4v) is 4.49. The average Bonchev–Trinajstić information content (AvgIpc) is 2.41. The van der Waals surface area contributed by atoms with Crippen LogP contribution in [-0.2, 0) is 0 Å². The third-order valence-corrected chi connectivity index (χ3v) is 5.58. The third-order valence-electron chi connectivity index (χ3n) is 4.14. The summed E-state index contributed by atoms with van der Waals surface area (Å²) in [7, 11) is 0. The lowest BCUT2D eigenvalue weighted by Gasteiger charge is -2.34. The molecule has 106 valence electrons. The number of hydrogen-bond acceptors (Lipinski definition) is 2. The lowest BCUT2D eigenvalue weighted by molar-refractivity contribution is 0.406. The van der Waals surface area contributed by atoms with Gasteiger partial charge in [-0.25, -0.2) is 0 Å². The smallest absolute Gasteiger partial charge is 0.0204 e. The van der Waals surface area contributed by atoms with Gasteiger partial charge in [-0.05, 0) is 48.8 Å². The number of hydrogen-bond donors (Lipinski definition) is 1. The fourth-order valence-electron chi connectivity index (χ4n) is 2.83. The van der Waals surface area contributed by atoms with E-state index in [0.29, 0.717) is 11.3 Å². The van der Waals surface area contributed by atoms with Crippen molar-refractivity contribution in [1.82, 2.24) is 0 Å². The molecule has 1 nitrogen and oxygen atoms in total. The summed E-state index contributed by atoms with van der Waals surface area (Å²) in [6.45, 7) is 4.60.